The zero-order chi connectivity index (χ0) is 20.1. The van der Waals surface area contributed by atoms with E-state index in [0.29, 0.717) is 13.0 Å². The van der Waals surface area contributed by atoms with Crippen LogP contribution in [-0.2, 0) is 11.2 Å². The van der Waals surface area contributed by atoms with E-state index < -0.39 is 0 Å². The van der Waals surface area contributed by atoms with Gasteiger partial charge in [0.05, 0.1) is 13.7 Å². The molecule has 0 atom stereocenters. The number of carbonyl (C=O) groups is 2. The summed E-state index contributed by atoms with van der Waals surface area (Å²) >= 11 is 0. The largest absolute Gasteiger partial charge is 0.497 e. The topological polar surface area (TPSA) is 58.6 Å². The molecule has 146 valence electrons. The van der Waals surface area contributed by atoms with Crippen LogP contribution in [0.1, 0.15) is 34.8 Å². The fraction of sp³-hybridized carbons (Fsp3) is 0.304. The lowest BCUT2D eigenvalue weighted by atomic mass is 10.1. The van der Waals surface area contributed by atoms with Crippen LogP contribution < -0.4 is 10.1 Å². The second-order valence-corrected chi connectivity index (χ2v) is 7.11. The van der Waals surface area contributed by atoms with E-state index in [9.17, 15) is 9.59 Å². The van der Waals surface area contributed by atoms with Crippen molar-refractivity contribution in [3.63, 3.8) is 0 Å². The van der Waals surface area contributed by atoms with E-state index in [2.05, 4.69) is 12.2 Å². The van der Waals surface area contributed by atoms with E-state index in [-0.39, 0.29) is 11.7 Å². The van der Waals surface area contributed by atoms with Gasteiger partial charge in [0.15, 0.2) is 5.78 Å². The number of benzene rings is 2. The van der Waals surface area contributed by atoms with E-state index in [4.69, 9.17) is 4.74 Å². The molecule has 0 bridgehead atoms. The first-order valence-electron chi connectivity index (χ1n) is 9.50. The standard InChI is InChI=1S/C23H26N2O3/c1-4-11-25(2)15-22(26)24-19-7-5-16(6-8-19)12-18-13-17-14-20(28-3)9-10-21(17)23(18)27/h5-10,12,14H,4,11,13,15H2,1-3H3,(H,24,26)/b18-12-. The van der Waals surface area contributed by atoms with Gasteiger partial charge >= 0.3 is 0 Å². The number of nitrogens with zero attached hydrogens (tertiary/aromatic N) is 1. The molecule has 0 fully saturated rings. The molecule has 1 aliphatic rings. The van der Waals surface area contributed by atoms with Gasteiger partial charge in [-0.15, -0.1) is 0 Å². The Labute approximate surface area is 166 Å². The smallest absolute Gasteiger partial charge is 0.238 e. The Bertz CT molecular complexity index is 901. The predicted octanol–water partition coefficient (Wildman–Crippen LogP) is 3.80. The minimum atomic E-state index is -0.0302. The fourth-order valence-corrected chi connectivity index (χ4v) is 3.41. The number of carbonyl (C=O) groups excluding carboxylic acids is 2. The number of ketones is 1. The molecular weight excluding hydrogens is 352 g/mol. The van der Waals surface area contributed by atoms with E-state index in [1.54, 1.807) is 7.11 Å². The molecule has 2 aromatic rings. The fourth-order valence-electron chi connectivity index (χ4n) is 3.41. The van der Waals surface area contributed by atoms with Gasteiger partial charge in [-0.05, 0) is 67.5 Å². The molecule has 0 aliphatic heterocycles. The summed E-state index contributed by atoms with van der Waals surface area (Å²) in [6.07, 6.45) is 3.53. The number of rotatable bonds is 7. The summed E-state index contributed by atoms with van der Waals surface area (Å²) in [4.78, 5) is 26.7. The van der Waals surface area contributed by atoms with Crippen molar-refractivity contribution in [3.05, 3.63) is 64.7 Å². The minimum Gasteiger partial charge on any atom is -0.497 e. The summed E-state index contributed by atoms with van der Waals surface area (Å²) in [6.45, 7) is 3.35. The van der Waals surface area contributed by atoms with Gasteiger partial charge in [-0.3, -0.25) is 14.5 Å². The predicted molar refractivity (Wildman–Crippen MR) is 112 cm³/mol. The number of ether oxygens (including phenoxy) is 1. The molecule has 5 nitrogen and oxygen atoms in total. The summed E-state index contributed by atoms with van der Waals surface area (Å²) in [6, 6.07) is 13.1. The number of allylic oxidation sites excluding steroid dienone is 1. The van der Waals surface area contributed by atoms with Crippen molar-refractivity contribution in [2.75, 3.05) is 32.6 Å². The maximum atomic E-state index is 12.6. The summed E-state index contributed by atoms with van der Waals surface area (Å²) < 4.78 is 5.24. The molecule has 0 unspecified atom stereocenters. The van der Waals surface area contributed by atoms with Gasteiger partial charge in [0.25, 0.3) is 0 Å². The molecule has 2 aromatic carbocycles. The SMILES string of the molecule is CCCN(C)CC(=O)Nc1ccc(/C=C2/Cc3cc(OC)ccc3C2=O)cc1. The second-order valence-electron chi connectivity index (χ2n) is 7.11. The zero-order valence-corrected chi connectivity index (χ0v) is 16.6. The van der Waals surface area contributed by atoms with E-state index in [1.165, 1.54) is 0 Å². The molecule has 0 saturated heterocycles. The molecule has 5 heteroatoms. The van der Waals surface area contributed by atoms with E-state index in [1.807, 2.05) is 60.5 Å². The zero-order valence-electron chi connectivity index (χ0n) is 16.6. The average molecular weight is 378 g/mol. The van der Waals surface area contributed by atoms with Crippen LogP contribution in [-0.4, -0.2) is 43.8 Å². The number of fused-ring (bicyclic) bond motifs is 1. The number of nitrogens with one attached hydrogen (secondary N) is 1. The highest BCUT2D eigenvalue weighted by Gasteiger charge is 2.25. The minimum absolute atomic E-state index is 0.0302. The van der Waals surface area contributed by atoms with E-state index >= 15 is 0 Å². The summed E-state index contributed by atoms with van der Waals surface area (Å²) in [5.74, 6) is 0.795. The molecular formula is C23H26N2O3. The molecule has 1 aliphatic carbocycles. The first-order chi connectivity index (χ1) is 13.5. The third-order valence-electron chi connectivity index (χ3n) is 4.78. The number of Topliss-reactive ketones (excluding diaryl/α,β-unsaturated/α-hetero) is 1. The first-order valence-corrected chi connectivity index (χ1v) is 9.50. The number of methoxy groups -OCH3 is 1. The Hall–Kier alpha value is -2.92. The molecule has 0 saturated carbocycles. The number of hydrogen-bond donors (Lipinski definition) is 1. The molecule has 0 heterocycles. The highest BCUT2D eigenvalue weighted by atomic mass is 16.5. The van der Waals surface area contributed by atoms with Crippen LogP contribution in [0.15, 0.2) is 48.0 Å². The molecule has 0 aromatic heterocycles. The van der Waals surface area contributed by atoms with Gasteiger partial charge < -0.3 is 10.1 Å². The highest BCUT2D eigenvalue weighted by molar-refractivity contribution is 6.15. The van der Waals surface area contributed by atoms with Crippen LogP contribution in [0.2, 0.25) is 0 Å². The molecule has 3 rings (SSSR count). The number of anilines is 1. The quantitative estimate of drug-likeness (QED) is 0.745. The summed E-state index contributed by atoms with van der Waals surface area (Å²) in [7, 11) is 3.56. The van der Waals surface area contributed by atoms with E-state index in [0.717, 1.165) is 46.7 Å². The third kappa shape index (κ3) is 4.67. The third-order valence-corrected chi connectivity index (χ3v) is 4.78. The first kappa shape index (κ1) is 19.8. The Morgan fingerprint density at radius 2 is 1.96 bits per heavy atom. The van der Waals surface area contributed by atoms with Crippen LogP contribution >= 0.6 is 0 Å². The van der Waals surface area contributed by atoms with Crippen molar-refractivity contribution >= 4 is 23.5 Å². The van der Waals surface area contributed by atoms with Gasteiger partial charge in [-0.2, -0.15) is 0 Å². The molecule has 28 heavy (non-hydrogen) atoms. The lowest BCUT2D eigenvalue weighted by Crippen LogP contribution is -2.30. The normalized spacial score (nSPS) is 14.4. The monoisotopic (exact) mass is 378 g/mol. The summed E-state index contributed by atoms with van der Waals surface area (Å²) in [5, 5.41) is 2.91. The molecule has 0 spiro atoms. The molecule has 1 N–H and O–H groups in total. The van der Waals surface area contributed by atoms with Crippen LogP contribution in [0, 0.1) is 0 Å². The molecule has 0 radical (unpaired) electrons. The van der Waals surface area contributed by atoms with Gasteiger partial charge in [0.1, 0.15) is 5.75 Å². The van der Waals surface area contributed by atoms with Gasteiger partial charge in [0.2, 0.25) is 5.91 Å². The maximum Gasteiger partial charge on any atom is 0.238 e. The van der Waals surface area contributed by atoms with Crippen LogP contribution in [0.3, 0.4) is 0 Å². The maximum absolute atomic E-state index is 12.6. The van der Waals surface area contributed by atoms with Crippen molar-refractivity contribution in [1.82, 2.24) is 4.90 Å². The van der Waals surface area contributed by atoms with Crippen molar-refractivity contribution in [3.8, 4) is 5.75 Å². The number of likely N-dealkylation sites (N-methyl/N-ethyl adjacent to an activating group) is 1. The highest BCUT2D eigenvalue weighted by Crippen LogP contribution is 2.30. The lowest BCUT2D eigenvalue weighted by molar-refractivity contribution is -0.117. The van der Waals surface area contributed by atoms with Crippen molar-refractivity contribution in [2.45, 2.75) is 19.8 Å². The lowest BCUT2D eigenvalue weighted by Gasteiger charge is -2.15. The number of hydrogen-bond acceptors (Lipinski definition) is 4. The van der Waals surface area contributed by atoms with Gasteiger partial charge in [-0.25, -0.2) is 0 Å². The van der Waals surface area contributed by atoms with Gasteiger partial charge in [0, 0.05) is 23.2 Å². The Kier molecular flexibility index (Phi) is 6.26. The van der Waals surface area contributed by atoms with Crippen molar-refractivity contribution in [2.24, 2.45) is 0 Å². The van der Waals surface area contributed by atoms with Crippen LogP contribution in [0.4, 0.5) is 5.69 Å². The second kappa shape index (κ2) is 8.85. The Morgan fingerprint density at radius 3 is 2.64 bits per heavy atom. The number of amides is 1. The van der Waals surface area contributed by atoms with Crippen LogP contribution in [0.25, 0.3) is 6.08 Å². The van der Waals surface area contributed by atoms with Crippen LogP contribution in [0.5, 0.6) is 5.75 Å². The molecule has 1 amide bonds. The van der Waals surface area contributed by atoms with Gasteiger partial charge in [-0.1, -0.05) is 19.1 Å². The van der Waals surface area contributed by atoms with Crippen molar-refractivity contribution in [1.29, 1.82) is 0 Å². The average Bonchev–Trinajstić information content (AvgIpc) is 2.98. The Balaban J connectivity index is 1.66. The van der Waals surface area contributed by atoms with Crippen molar-refractivity contribution < 1.29 is 14.3 Å². The summed E-state index contributed by atoms with van der Waals surface area (Å²) in [5.41, 5.74) is 4.19. The Morgan fingerprint density at radius 1 is 1.21 bits per heavy atom.